The molecular formula is C18H21ClN2O5. The first kappa shape index (κ1) is 18.7. The average molecular weight is 381 g/mol. The molecule has 26 heavy (non-hydrogen) atoms. The number of ether oxygens (including phenoxy) is 2. The summed E-state index contributed by atoms with van der Waals surface area (Å²) in [6.45, 7) is 1.87. The van der Waals surface area contributed by atoms with Gasteiger partial charge in [-0.25, -0.2) is 0 Å². The molecule has 0 saturated carbocycles. The number of benzene rings is 1. The molecule has 0 aliphatic heterocycles. The van der Waals surface area contributed by atoms with Gasteiger partial charge in [-0.3, -0.25) is 14.7 Å². The van der Waals surface area contributed by atoms with Crippen molar-refractivity contribution in [1.29, 1.82) is 0 Å². The van der Waals surface area contributed by atoms with E-state index in [1.165, 1.54) is 7.11 Å². The van der Waals surface area contributed by atoms with Crippen molar-refractivity contribution < 1.29 is 19.4 Å². The van der Waals surface area contributed by atoms with Crippen LogP contribution in [0, 0.1) is 5.92 Å². The van der Waals surface area contributed by atoms with Crippen LogP contribution in [0.5, 0.6) is 0 Å². The van der Waals surface area contributed by atoms with Crippen LogP contribution < -0.4 is 5.56 Å². The molecule has 1 aliphatic carbocycles. The molecule has 0 saturated heterocycles. The van der Waals surface area contributed by atoms with Gasteiger partial charge in [0, 0.05) is 35.7 Å². The minimum Gasteiger partial charge on any atom is -0.463 e. The molecule has 1 heterocycles. The molecule has 1 aromatic carbocycles. The highest BCUT2D eigenvalue weighted by molar-refractivity contribution is 6.31. The lowest BCUT2D eigenvalue weighted by Gasteiger charge is -2.40. The molecule has 0 spiro atoms. The fraction of sp³-hybridized carbons (Fsp3) is 0.444. The van der Waals surface area contributed by atoms with Gasteiger partial charge in [0.1, 0.15) is 6.61 Å². The topological polar surface area (TPSA) is 104 Å². The minimum atomic E-state index is -1.42. The number of aliphatic hydroxyl groups is 1. The van der Waals surface area contributed by atoms with Gasteiger partial charge in [-0.2, -0.15) is 0 Å². The molecule has 3 N–H and O–H groups in total. The monoisotopic (exact) mass is 380 g/mol. The Balaban J connectivity index is 2.12. The van der Waals surface area contributed by atoms with Crippen molar-refractivity contribution >= 4 is 17.6 Å². The van der Waals surface area contributed by atoms with E-state index >= 15 is 0 Å². The summed E-state index contributed by atoms with van der Waals surface area (Å²) in [5.41, 5.74) is -0.208. The van der Waals surface area contributed by atoms with Crippen molar-refractivity contribution in [2.75, 3.05) is 20.3 Å². The molecule has 0 radical (unpaired) electrons. The highest BCUT2D eigenvalue weighted by atomic mass is 35.5. The fourth-order valence-electron chi connectivity index (χ4n) is 3.63. The molecular weight excluding hydrogens is 360 g/mol. The standard InChI is InChI=1S/C18H21ClN2O5/c1-18(24)9-12-14(16(22)21-20-12)13(10-5-3-4-6-11(10)19)15(18)17(23)26-8-7-25-2/h3-6,13,15,24H,7-9H2,1-2H3,(H2,20,21,22). The number of rotatable bonds is 5. The van der Waals surface area contributed by atoms with E-state index in [4.69, 9.17) is 21.1 Å². The largest absolute Gasteiger partial charge is 0.463 e. The highest BCUT2D eigenvalue weighted by Crippen LogP contribution is 2.46. The number of methoxy groups -OCH3 is 1. The van der Waals surface area contributed by atoms with E-state index in [0.717, 1.165) is 0 Å². The van der Waals surface area contributed by atoms with E-state index in [2.05, 4.69) is 10.2 Å². The second kappa shape index (κ2) is 7.26. The number of H-pyrrole nitrogens is 2. The van der Waals surface area contributed by atoms with Crippen molar-refractivity contribution in [3.05, 3.63) is 56.5 Å². The van der Waals surface area contributed by atoms with Gasteiger partial charge < -0.3 is 19.7 Å². The molecule has 3 unspecified atom stereocenters. The number of hydrogen-bond acceptors (Lipinski definition) is 5. The van der Waals surface area contributed by atoms with E-state index in [1.54, 1.807) is 31.2 Å². The Morgan fingerprint density at radius 1 is 1.35 bits per heavy atom. The number of aromatic nitrogens is 2. The molecule has 1 aromatic heterocycles. The van der Waals surface area contributed by atoms with Crippen LogP contribution in [0.4, 0.5) is 0 Å². The molecule has 140 valence electrons. The number of nitrogens with one attached hydrogen (secondary N) is 2. The third-order valence-electron chi connectivity index (χ3n) is 4.77. The molecule has 3 atom stereocenters. The Morgan fingerprint density at radius 2 is 2.08 bits per heavy atom. The van der Waals surface area contributed by atoms with Gasteiger partial charge in [0.05, 0.1) is 18.1 Å². The normalized spacial score (nSPS) is 24.9. The average Bonchev–Trinajstić information content (AvgIpc) is 2.93. The lowest BCUT2D eigenvalue weighted by Crippen LogP contribution is -2.50. The summed E-state index contributed by atoms with van der Waals surface area (Å²) in [7, 11) is 1.50. The number of esters is 1. The first-order valence-corrected chi connectivity index (χ1v) is 8.66. The maximum Gasteiger partial charge on any atom is 0.312 e. The van der Waals surface area contributed by atoms with Crippen LogP contribution in [0.15, 0.2) is 29.1 Å². The minimum absolute atomic E-state index is 0.0630. The van der Waals surface area contributed by atoms with Crippen LogP contribution in [0.1, 0.15) is 29.7 Å². The van der Waals surface area contributed by atoms with E-state index < -0.39 is 23.4 Å². The number of aromatic amines is 2. The molecule has 0 amide bonds. The van der Waals surface area contributed by atoms with Crippen molar-refractivity contribution in [3.8, 4) is 0 Å². The Kier molecular flexibility index (Phi) is 5.22. The predicted molar refractivity (Wildman–Crippen MR) is 95.4 cm³/mol. The molecule has 0 bridgehead atoms. The summed E-state index contributed by atoms with van der Waals surface area (Å²) in [4.78, 5) is 25.2. The summed E-state index contributed by atoms with van der Waals surface area (Å²) >= 11 is 6.36. The van der Waals surface area contributed by atoms with Gasteiger partial charge in [0.15, 0.2) is 0 Å². The number of carbonyl (C=O) groups excluding carboxylic acids is 1. The van der Waals surface area contributed by atoms with Crippen LogP contribution in [0.3, 0.4) is 0 Å². The summed E-state index contributed by atoms with van der Waals surface area (Å²) in [6, 6.07) is 6.98. The number of hydrogen-bond donors (Lipinski definition) is 3. The van der Waals surface area contributed by atoms with Crippen molar-refractivity contribution in [3.63, 3.8) is 0 Å². The quantitative estimate of drug-likeness (QED) is 0.540. The van der Waals surface area contributed by atoms with Gasteiger partial charge in [0.2, 0.25) is 0 Å². The fourth-order valence-corrected chi connectivity index (χ4v) is 3.89. The van der Waals surface area contributed by atoms with Gasteiger partial charge in [-0.1, -0.05) is 29.8 Å². The first-order chi connectivity index (χ1) is 12.4. The third kappa shape index (κ3) is 3.30. The van der Waals surface area contributed by atoms with Gasteiger partial charge in [0.25, 0.3) is 5.56 Å². The van der Waals surface area contributed by atoms with E-state index in [1.807, 2.05) is 0 Å². The molecule has 3 rings (SSSR count). The van der Waals surface area contributed by atoms with Crippen LogP contribution in [-0.2, 0) is 20.7 Å². The van der Waals surface area contributed by atoms with Crippen molar-refractivity contribution in [2.24, 2.45) is 5.92 Å². The van der Waals surface area contributed by atoms with Gasteiger partial charge in [-0.05, 0) is 18.6 Å². The second-order valence-electron chi connectivity index (χ2n) is 6.64. The third-order valence-corrected chi connectivity index (χ3v) is 5.12. The molecule has 0 fully saturated rings. The van der Waals surface area contributed by atoms with Crippen molar-refractivity contribution in [1.82, 2.24) is 10.2 Å². The molecule has 2 aromatic rings. The molecule has 1 aliphatic rings. The smallest absolute Gasteiger partial charge is 0.312 e. The predicted octanol–water partition coefficient (Wildman–Crippen LogP) is 1.60. The van der Waals surface area contributed by atoms with Crippen molar-refractivity contribution in [2.45, 2.75) is 24.9 Å². The zero-order valence-electron chi connectivity index (χ0n) is 14.5. The summed E-state index contributed by atoms with van der Waals surface area (Å²) < 4.78 is 10.2. The molecule has 7 nitrogen and oxygen atoms in total. The Bertz CT molecular complexity index is 857. The zero-order valence-corrected chi connectivity index (χ0v) is 15.3. The second-order valence-corrected chi connectivity index (χ2v) is 7.05. The Labute approximate surface area is 155 Å². The summed E-state index contributed by atoms with van der Waals surface area (Å²) in [6.07, 6.45) is 0.117. The first-order valence-electron chi connectivity index (χ1n) is 8.28. The highest BCUT2D eigenvalue weighted by Gasteiger charge is 2.51. The van der Waals surface area contributed by atoms with Crippen LogP contribution in [0.25, 0.3) is 0 Å². The Morgan fingerprint density at radius 3 is 2.77 bits per heavy atom. The summed E-state index contributed by atoms with van der Waals surface area (Å²) in [5.74, 6) is -2.31. The maximum absolute atomic E-state index is 12.8. The zero-order chi connectivity index (χ0) is 18.9. The van der Waals surface area contributed by atoms with E-state index in [9.17, 15) is 14.7 Å². The number of fused-ring (bicyclic) bond motifs is 1. The van der Waals surface area contributed by atoms with E-state index in [-0.39, 0.29) is 25.2 Å². The van der Waals surface area contributed by atoms with E-state index in [0.29, 0.717) is 21.8 Å². The van der Waals surface area contributed by atoms with Crippen LogP contribution in [-0.4, -0.2) is 47.2 Å². The number of carbonyl (C=O) groups is 1. The lowest BCUT2D eigenvalue weighted by molar-refractivity contribution is -0.161. The van der Waals surface area contributed by atoms with Gasteiger partial charge >= 0.3 is 5.97 Å². The SMILES string of the molecule is COCCOC(=O)C1C(c2ccccc2Cl)c2c([nH][nH]c2=O)CC1(C)O. The number of halogens is 1. The summed E-state index contributed by atoms with van der Waals surface area (Å²) in [5, 5.41) is 16.8. The Hall–Kier alpha value is -2.09. The van der Waals surface area contributed by atoms with Crippen LogP contribution in [0.2, 0.25) is 5.02 Å². The maximum atomic E-state index is 12.8. The van der Waals surface area contributed by atoms with Crippen LogP contribution >= 0.6 is 11.6 Å². The lowest BCUT2D eigenvalue weighted by atomic mass is 9.66. The molecule has 8 heteroatoms. The van der Waals surface area contributed by atoms with Gasteiger partial charge in [-0.15, -0.1) is 0 Å².